The van der Waals surface area contributed by atoms with E-state index in [0.29, 0.717) is 13.0 Å². The molecule has 1 saturated heterocycles. The minimum atomic E-state index is -0.946. The summed E-state index contributed by atoms with van der Waals surface area (Å²) in [4.78, 5) is 11.0. The molecule has 2 atom stereocenters. The van der Waals surface area contributed by atoms with E-state index in [9.17, 15) is 9.90 Å². The van der Waals surface area contributed by atoms with E-state index in [2.05, 4.69) is 0 Å². The number of carbonyl (C=O) groups is 1. The molecule has 0 aromatic carbocycles. The lowest BCUT2D eigenvalue weighted by molar-refractivity contribution is -0.168. The van der Waals surface area contributed by atoms with Gasteiger partial charge >= 0.3 is 0 Å². The van der Waals surface area contributed by atoms with Crippen LogP contribution in [0.4, 0.5) is 0 Å². The Bertz CT molecular complexity index is 167. The van der Waals surface area contributed by atoms with Gasteiger partial charge in [0.15, 0.2) is 5.78 Å². The van der Waals surface area contributed by atoms with Crippen LogP contribution in [0.1, 0.15) is 26.7 Å². The molecule has 0 amide bonds. The van der Waals surface area contributed by atoms with Gasteiger partial charge in [-0.3, -0.25) is 4.79 Å². The molecule has 0 saturated carbocycles. The summed E-state index contributed by atoms with van der Waals surface area (Å²) in [5.41, 5.74) is -0.946. The molecule has 3 heteroatoms. The maximum Gasteiger partial charge on any atom is 0.163 e. The van der Waals surface area contributed by atoms with Crippen molar-refractivity contribution < 1.29 is 14.6 Å². The molecule has 1 heterocycles. The maximum absolute atomic E-state index is 11.0. The highest BCUT2D eigenvalue weighted by molar-refractivity contribution is 5.85. The molecule has 0 aromatic heterocycles. The molecule has 0 bridgehead atoms. The molecular weight excluding hydrogens is 144 g/mol. The maximum atomic E-state index is 11.0. The topological polar surface area (TPSA) is 46.5 Å². The summed E-state index contributed by atoms with van der Waals surface area (Å²) in [6.07, 6.45) is 0.869. The minimum absolute atomic E-state index is 0.0929. The molecule has 3 nitrogen and oxygen atoms in total. The second-order valence-corrected chi connectivity index (χ2v) is 3.17. The minimum Gasteiger partial charge on any atom is -0.390 e. The Labute approximate surface area is 66.4 Å². The van der Waals surface area contributed by atoms with Crippen molar-refractivity contribution in [3.05, 3.63) is 0 Å². The first kappa shape index (κ1) is 8.68. The second-order valence-electron chi connectivity index (χ2n) is 3.17. The van der Waals surface area contributed by atoms with Crippen molar-refractivity contribution in [1.82, 2.24) is 0 Å². The zero-order valence-corrected chi connectivity index (χ0v) is 6.96. The number of Topliss-reactive ketones (excluding diaryl/α,β-unsaturated/α-hetero) is 1. The van der Waals surface area contributed by atoms with Crippen LogP contribution in [0.15, 0.2) is 0 Å². The predicted octanol–water partition coefficient (Wildman–Crippen LogP) is 0.505. The Balaban J connectivity index is 2.72. The molecule has 0 unspecified atom stereocenters. The summed E-state index contributed by atoms with van der Waals surface area (Å²) >= 11 is 0. The first-order valence-electron chi connectivity index (χ1n) is 3.90. The van der Waals surface area contributed by atoms with Gasteiger partial charge < -0.3 is 9.84 Å². The summed E-state index contributed by atoms with van der Waals surface area (Å²) in [7, 11) is 0. The molecule has 1 aliphatic rings. The van der Waals surface area contributed by atoms with Gasteiger partial charge in [0.1, 0.15) is 5.60 Å². The molecule has 0 radical (unpaired) electrons. The summed E-state index contributed by atoms with van der Waals surface area (Å²) < 4.78 is 5.24. The molecule has 64 valence electrons. The zero-order valence-electron chi connectivity index (χ0n) is 6.96. The fraction of sp³-hybridized carbons (Fsp3) is 0.875. The van der Waals surface area contributed by atoms with Gasteiger partial charge in [-0.05, 0) is 26.7 Å². The van der Waals surface area contributed by atoms with Gasteiger partial charge in [0, 0.05) is 6.61 Å². The van der Waals surface area contributed by atoms with Gasteiger partial charge in [-0.1, -0.05) is 0 Å². The lowest BCUT2D eigenvalue weighted by atomic mass is 9.89. The molecule has 1 N–H and O–H groups in total. The number of aliphatic hydroxyl groups excluding tert-OH is 1. The first-order chi connectivity index (χ1) is 5.07. The van der Waals surface area contributed by atoms with Crippen LogP contribution in [0.2, 0.25) is 0 Å². The van der Waals surface area contributed by atoms with E-state index >= 15 is 0 Å². The number of hydrogen-bond acceptors (Lipinski definition) is 3. The Hall–Kier alpha value is -0.410. The third kappa shape index (κ3) is 1.44. The average molecular weight is 158 g/mol. The van der Waals surface area contributed by atoms with Gasteiger partial charge in [0.05, 0.1) is 6.10 Å². The molecule has 1 rings (SSSR count). The van der Waals surface area contributed by atoms with Crippen LogP contribution < -0.4 is 0 Å². The monoisotopic (exact) mass is 158 g/mol. The number of aliphatic hydroxyl groups is 1. The standard InChI is InChI=1S/C8H14O3/c1-6(9)8(2)7(10)4-3-5-11-8/h7,10H,3-5H2,1-2H3/t7-,8-/m1/s1. The summed E-state index contributed by atoms with van der Waals surface area (Å²) in [6.45, 7) is 3.68. The fourth-order valence-corrected chi connectivity index (χ4v) is 1.27. The van der Waals surface area contributed by atoms with Crippen LogP contribution >= 0.6 is 0 Å². The molecule has 0 spiro atoms. The molecule has 0 aromatic rings. The first-order valence-corrected chi connectivity index (χ1v) is 3.90. The Morgan fingerprint density at radius 3 is 2.73 bits per heavy atom. The Morgan fingerprint density at radius 2 is 2.36 bits per heavy atom. The van der Waals surface area contributed by atoms with E-state index in [0.717, 1.165) is 6.42 Å². The molecule has 1 aliphatic heterocycles. The van der Waals surface area contributed by atoms with E-state index in [1.165, 1.54) is 6.92 Å². The third-order valence-corrected chi connectivity index (χ3v) is 2.36. The second kappa shape index (κ2) is 2.91. The predicted molar refractivity (Wildman–Crippen MR) is 40.3 cm³/mol. The van der Waals surface area contributed by atoms with E-state index in [1.54, 1.807) is 6.92 Å². The van der Waals surface area contributed by atoms with Crippen LogP contribution in [-0.2, 0) is 9.53 Å². The highest BCUT2D eigenvalue weighted by Gasteiger charge is 2.40. The molecule has 11 heavy (non-hydrogen) atoms. The van der Waals surface area contributed by atoms with Crippen molar-refractivity contribution in [1.29, 1.82) is 0 Å². The highest BCUT2D eigenvalue weighted by Crippen LogP contribution is 2.25. The van der Waals surface area contributed by atoms with E-state index in [-0.39, 0.29) is 5.78 Å². The molecule has 0 aliphatic carbocycles. The molecular formula is C8H14O3. The van der Waals surface area contributed by atoms with Gasteiger partial charge in [0.2, 0.25) is 0 Å². The van der Waals surface area contributed by atoms with Crippen molar-refractivity contribution in [2.24, 2.45) is 0 Å². The van der Waals surface area contributed by atoms with Crippen LogP contribution in [-0.4, -0.2) is 29.2 Å². The number of ketones is 1. The lowest BCUT2D eigenvalue weighted by Crippen LogP contribution is -2.51. The fourth-order valence-electron chi connectivity index (χ4n) is 1.27. The smallest absolute Gasteiger partial charge is 0.163 e. The largest absolute Gasteiger partial charge is 0.390 e. The average Bonchev–Trinajstić information content (AvgIpc) is 1.95. The van der Waals surface area contributed by atoms with Crippen LogP contribution in [0.25, 0.3) is 0 Å². The lowest BCUT2D eigenvalue weighted by Gasteiger charge is -2.36. The van der Waals surface area contributed by atoms with Crippen molar-refractivity contribution in [2.45, 2.75) is 38.4 Å². The van der Waals surface area contributed by atoms with Crippen molar-refractivity contribution in [3.63, 3.8) is 0 Å². The SMILES string of the molecule is CC(=O)[C@@]1(C)OCCC[C@H]1O. The van der Waals surface area contributed by atoms with Crippen molar-refractivity contribution >= 4 is 5.78 Å². The van der Waals surface area contributed by atoms with Gasteiger partial charge in [0.25, 0.3) is 0 Å². The van der Waals surface area contributed by atoms with Gasteiger partial charge in [-0.2, -0.15) is 0 Å². The highest BCUT2D eigenvalue weighted by atomic mass is 16.5. The normalized spacial score (nSPS) is 38.6. The summed E-state index contributed by atoms with van der Waals surface area (Å²) in [5.74, 6) is -0.0929. The Kier molecular flexibility index (Phi) is 2.30. The van der Waals surface area contributed by atoms with E-state index < -0.39 is 11.7 Å². The number of ether oxygens (including phenoxy) is 1. The quantitative estimate of drug-likeness (QED) is 0.604. The Morgan fingerprint density at radius 1 is 1.73 bits per heavy atom. The van der Waals surface area contributed by atoms with E-state index in [4.69, 9.17) is 4.74 Å². The van der Waals surface area contributed by atoms with Gasteiger partial charge in [-0.25, -0.2) is 0 Å². The number of carbonyl (C=O) groups excluding carboxylic acids is 1. The third-order valence-electron chi connectivity index (χ3n) is 2.36. The van der Waals surface area contributed by atoms with Gasteiger partial charge in [-0.15, -0.1) is 0 Å². The number of hydrogen-bond donors (Lipinski definition) is 1. The summed E-state index contributed by atoms with van der Waals surface area (Å²) in [5, 5.41) is 9.45. The zero-order chi connectivity index (χ0) is 8.48. The molecule has 1 fully saturated rings. The van der Waals surface area contributed by atoms with Crippen molar-refractivity contribution in [2.75, 3.05) is 6.61 Å². The number of rotatable bonds is 1. The van der Waals surface area contributed by atoms with Crippen molar-refractivity contribution in [3.8, 4) is 0 Å². The van der Waals surface area contributed by atoms with E-state index in [1.807, 2.05) is 0 Å². The summed E-state index contributed by atoms with van der Waals surface area (Å²) in [6, 6.07) is 0. The van der Waals surface area contributed by atoms with Crippen LogP contribution in [0.3, 0.4) is 0 Å². The van der Waals surface area contributed by atoms with Crippen LogP contribution in [0.5, 0.6) is 0 Å². The van der Waals surface area contributed by atoms with Crippen LogP contribution in [0, 0.1) is 0 Å².